The molecule has 1 atom stereocenters. The summed E-state index contributed by atoms with van der Waals surface area (Å²) in [4.78, 5) is 11.2. The SMILES string of the molecule is CC(=O)[C@@H](C)Cc1ccc(O)c(-c2nn[nH]n2)c1. The third-order valence-electron chi connectivity index (χ3n) is 2.88. The highest BCUT2D eigenvalue weighted by Gasteiger charge is 2.13. The quantitative estimate of drug-likeness (QED) is 0.849. The predicted octanol–water partition coefficient (Wildman–Crippen LogP) is 1.34. The first-order valence-corrected chi connectivity index (χ1v) is 5.64. The number of tetrazole rings is 1. The maximum atomic E-state index is 11.2. The van der Waals surface area contributed by atoms with Crippen LogP contribution in [0.15, 0.2) is 18.2 Å². The van der Waals surface area contributed by atoms with Gasteiger partial charge >= 0.3 is 0 Å². The molecule has 0 radical (unpaired) electrons. The lowest BCUT2D eigenvalue weighted by molar-refractivity contribution is -0.120. The molecule has 0 spiro atoms. The van der Waals surface area contributed by atoms with Gasteiger partial charge in [0.25, 0.3) is 0 Å². The first-order chi connectivity index (χ1) is 8.58. The molecule has 1 heterocycles. The highest BCUT2D eigenvalue weighted by atomic mass is 16.3. The second-order valence-corrected chi connectivity index (χ2v) is 4.30. The van der Waals surface area contributed by atoms with Gasteiger partial charge in [-0.2, -0.15) is 5.21 Å². The zero-order valence-corrected chi connectivity index (χ0v) is 10.2. The molecule has 6 nitrogen and oxygen atoms in total. The molecular formula is C12H14N4O2. The summed E-state index contributed by atoms with van der Waals surface area (Å²) in [5.74, 6) is 0.525. The van der Waals surface area contributed by atoms with Crippen LogP contribution in [-0.4, -0.2) is 31.5 Å². The predicted molar refractivity (Wildman–Crippen MR) is 64.8 cm³/mol. The monoisotopic (exact) mass is 246 g/mol. The Bertz CT molecular complexity index is 551. The molecular weight excluding hydrogens is 232 g/mol. The first-order valence-electron chi connectivity index (χ1n) is 5.64. The zero-order valence-electron chi connectivity index (χ0n) is 10.2. The summed E-state index contributed by atoms with van der Waals surface area (Å²) < 4.78 is 0. The lowest BCUT2D eigenvalue weighted by Gasteiger charge is -2.09. The van der Waals surface area contributed by atoms with Gasteiger partial charge in [0.1, 0.15) is 11.5 Å². The topological polar surface area (TPSA) is 91.8 Å². The third kappa shape index (κ3) is 2.53. The molecule has 0 fully saturated rings. The van der Waals surface area contributed by atoms with E-state index in [-0.39, 0.29) is 17.5 Å². The van der Waals surface area contributed by atoms with Crippen molar-refractivity contribution in [3.05, 3.63) is 23.8 Å². The van der Waals surface area contributed by atoms with Gasteiger partial charge in [-0.05, 0) is 36.3 Å². The molecule has 0 unspecified atom stereocenters. The van der Waals surface area contributed by atoms with Gasteiger partial charge < -0.3 is 5.11 Å². The van der Waals surface area contributed by atoms with E-state index < -0.39 is 0 Å². The van der Waals surface area contributed by atoms with Gasteiger partial charge in [0.2, 0.25) is 5.82 Å². The van der Waals surface area contributed by atoms with Gasteiger partial charge in [0.05, 0.1) is 5.56 Å². The van der Waals surface area contributed by atoms with Crippen LogP contribution in [0.4, 0.5) is 0 Å². The Morgan fingerprint density at radius 3 is 2.89 bits per heavy atom. The number of aromatic nitrogens is 4. The van der Waals surface area contributed by atoms with Crippen molar-refractivity contribution < 1.29 is 9.90 Å². The van der Waals surface area contributed by atoms with Crippen molar-refractivity contribution in [2.45, 2.75) is 20.3 Å². The number of carbonyl (C=O) groups excluding carboxylic acids is 1. The van der Waals surface area contributed by atoms with Crippen LogP contribution in [0.2, 0.25) is 0 Å². The fraction of sp³-hybridized carbons (Fsp3) is 0.333. The number of aromatic amines is 1. The van der Waals surface area contributed by atoms with E-state index in [1.54, 1.807) is 25.1 Å². The van der Waals surface area contributed by atoms with E-state index in [0.29, 0.717) is 17.8 Å². The smallest absolute Gasteiger partial charge is 0.208 e. The Morgan fingerprint density at radius 2 is 2.28 bits per heavy atom. The summed E-state index contributed by atoms with van der Waals surface area (Å²) in [6, 6.07) is 5.14. The van der Waals surface area contributed by atoms with Crippen molar-refractivity contribution in [1.29, 1.82) is 0 Å². The fourth-order valence-corrected chi connectivity index (χ4v) is 1.66. The van der Waals surface area contributed by atoms with Crippen molar-refractivity contribution in [3.8, 4) is 17.1 Å². The molecule has 0 amide bonds. The van der Waals surface area contributed by atoms with Crippen LogP contribution >= 0.6 is 0 Å². The number of ketones is 1. The van der Waals surface area contributed by atoms with Crippen LogP contribution in [0.1, 0.15) is 19.4 Å². The van der Waals surface area contributed by atoms with Gasteiger partial charge in [0.15, 0.2) is 0 Å². The van der Waals surface area contributed by atoms with Crippen molar-refractivity contribution >= 4 is 5.78 Å². The van der Waals surface area contributed by atoms with Gasteiger partial charge in [-0.25, -0.2) is 0 Å². The Hall–Kier alpha value is -2.24. The van der Waals surface area contributed by atoms with Gasteiger partial charge in [-0.1, -0.05) is 13.0 Å². The third-order valence-corrected chi connectivity index (χ3v) is 2.88. The number of Topliss-reactive ketones (excluding diaryl/α,β-unsaturated/α-hetero) is 1. The van der Waals surface area contributed by atoms with E-state index >= 15 is 0 Å². The Morgan fingerprint density at radius 1 is 1.50 bits per heavy atom. The molecule has 94 valence electrons. The molecule has 0 bridgehead atoms. The van der Waals surface area contributed by atoms with Crippen LogP contribution in [0, 0.1) is 5.92 Å². The minimum Gasteiger partial charge on any atom is -0.507 e. The minimum atomic E-state index is -0.0485. The van der Waals surface area contributed by atoms with Gasteiger partial charge in [0, 0.05) is 5.92 Å². The van der Waals surface area contributed by atoms with E-state index in [4.69, 9.17) is 0 Å². The average molecular weight is 246 g/mol. The van der Waals surface area contributed by atoms with Crippen molar-refractivity contribution in [2.24, 2.45) is 5.92 Å². The van der Waals surface area contributed by atoms with Crippen LogP contribution in [0.5, 0.6) is 5.75 Å². The standard InChI is InChI=1S/C12H14N4O2/c1-7(8(2)17)5-9-3-4-11(18)10(6-9)12-13-15-16-14-12/h3-4,6-7,18H,5H2,1-2H3,(H,13,14,15,16)/t7-/m0/s1. The summed E-state index contributed by atoms with van der Waals surface area (Å²) >= 11 is 0. The summed E-state index contributed by atoms with van der Waals surface area (Å²) in [5, 5.41) is 23.2. The number of rotatable bonds is 4. The van der Waals surface area contributed by atoms with E-state index in [0.717, 1.165) is 5.56 Å². The highest BCUT2D eigenvalue weighted by molar-refractivity contribution is 5.78. The summed E-state index contributed by atoms with van der Waals surface area (Å²) in [7, 11) is 0. The second-order valence-electron chi connectivity index (χ2n) is 4.30. The molecule has 1 aromatic carbocycles. The second kappa shape index (κ2) is 4.95. The number of hydrogen-bond acceptors (Lipinski definition) is 5. The minimum absolute atomic E-state index is 0.0485. The lowest BCUT2D eigenvalue weighted by Crippen LogP contribution is -2.09. The number of hydrogen-bond donors (Lipinski definition) is 2. The Labute approximate surface area is 104 Å². The van der Waals surface area contributed by atoms with Crippen LogP contribution < -0.4 is 0 Å². The first kappa shape index (κ1) is 12.2. The number of nitrogens with one attached hydrogen (secondary N) is 1. The van der Waals surface area contributed by atoms with Gasteiger partial charge in [-0.15, -0.1) is 10.2 Å². The highest BCUT2D eigenvalue weighted by Crippen LogP contribution is 2.27. The van der Waals surface area contributed by atoms with Crippen molar-refractivity contribution in [2.75, 3.05) is 0 Å². The molecule has 0 aliphatic rings. The van der Waals surface area contributed by atoms with E-state index in [1.165, 1.54) is 0 Å². The molecule has 18 heavy (non-hydrogen) atoms. The normalized spacial score (nSPS) is 12.3. The summed E-state index contributed by atoms with van der Waals surface area (Å²) in [6.07, 6.45) is 0.625. The number of aromatic hydroxyl groups is 1. The maximum absolute atomic E-state index is 11.2. The number of benzene rings is 1. The van der Waals surface area contributed by atoms with Crippen LogP contribution in [0.3, 0.4) is 0 Å². The molecule has 0 saturated carbocycles. The van der Waals surface area contributed by atoms with Crippen molar-refractivity contribution in [3.63, 3.8) is 0 Å². The fourth-order valence-electron chi connectivity index (χ4n) is 1.66. The van der Waals surface area contributed by atoms with E-state index in [2.05, 4.69) is 20.6 Å². The number of nitrogens with zero attached hydrogens (tertiary/aromatic N) is 3. The summed E-state index contributed by atoms with van der Waals surface area (Å²) in [6.45, 7) is 3.45. The number of phenolic OH excluding ortho intramolecular Hbond substituents is 1. The average Bonchev–Trinajstić information content (AvgIpc) is 2.85. The Balaban J connectivity index is 2.30. The van der Waals surface area contributed by atoms with Crippen LogP contribution in [-0.2, 0) is 11.2 Å². The molecule has 2 aromatic rings. The van der Waals surface area contributed by atoms with E-state index in [9.17, 15) is 9.90 Å². The van der Waals surface area contributed by atoms with Crippen molar-refractivity contribution in [1.82, 2.24) is 20.6 Å². The molecule has 2 rings (SSSR count). The molecule has 2 N–H and O–H groups in total. The lowest BCUT2D eigenvalue weighted by atomic mass is 9.96. The van der Waals surface area contributed by atoms with Gasteiger partial charge in [-0.3, -0.25) is 4.79 Å². The molecule has 0 aliphatic heterocycles. The Kier molecular flexibility index (Phi) is 3.36. The maximum Gasteiger partial charge on any atom is 0.208 e. The largest absolute Gasteiger partial charge is 0.507 e. The molecule has 6 heteroatoms. The molecule has 1 aromatic heterocycles. The van der Waals surface area contributed by atoms with Crippen LogP contribution in [0.25, 0.3) is 11.4 Å². The summed E-state index contributed by atoms with van der Waals surface area (Å²) in [5.41, 5.74) is 1.47. The molecule has 0 aliphatic carbocycles. The zero-order chi connectivity index (χ0) is 13.1. The number of phenols is 1. The number of carbonyl (C=O) groups is 1. The molecule has 0 saturated heterocycles. The number of H-pyrrole nitrogens is 1. The van der Waals surface area contributed by atoms with E-state index in [1.807, 2.05) is 6.92 Å².